The molecule has 5 heteroatoms. The minimum atomic E-state index is 0.235. The Bertz CT molecular complexity index is 366. The number of ether oxygens (including phenoxy) is 1. The maximum absolute atomic E-state index is 9.05. The number of aromatic nitrogens is 2. The van der Waals surface area contributed by atoms with Gasteiger partial charge in [0.05, 0.1) is 6.61 Å². The van der Waals surface area contributed by atoms with E-state index in [1.807, 2.05) is 19.9 Å². The lowest BCUT2D eigenvalue weighted by atomic mass is 10.0. The molecule has 0 radical (unpaired) electrons. The molecule has 19 heavy (non-hydrogen) atoms. The molecule has 1 heterocycles. The molecule has 1 aromatic heterocycles. The van der Waals surface area contributed by atoms with E-state index >= 15 is 0 Å². The van der Waals surface area contributed by atoms with E-state index in [1.54, 1.807) is 0 Å². The average molecular weight is 267 g/mol. The molecule has 2 N–H and O–H groups in total. The Morgan fingerprint density at radius 3 is 2.74 bits per heavy atom. The smallest absolute Gasteiger partial charge is 0.218 e. The van der Waals surface area contributed by atoms with E-state index < -0.39 is 0 Å². The zero-order chi connectivity index (χ0) is 14.1. The Kier molecular flexibility index (Phi) is 7.18. The van der Waals surface area contributed by atoms with Gasteiger partial charge in [-0.2, -0.15) is 4.98 Å². The number of nitrogens with one attached hydrogen (secondary N) is 1. The van der Waals surface area contributed by atoms with Crippen molar-refractivity contribution in [1.29, 1.82) is 0 Å². The number of nitrogens with zero attached hydrogens (tertiary/aromatic N) is 2. The Hall–Kier alpha value is -1.36. The largest absolute Gasteiger partial charge is 0.478 e. The van der Waals surface area contributed by atoms with E-state index in [9.17, 15) is 0 Å². The van der Waals surface area contributed by atoms with Crippen LogP contribution in [0.25, 0.3) is 0 Å². The Labute approximate surface area is 115 Å². The molecule has 0 aromatic carbocycles. The molecule has 0 aliphatic heterocycles. The fourth-order valence-electron chi connectivity index (χ4n) is 2.04. The zero-order valence-corrected chi connectivity index (χ0v) is 12.1. The number of rotatable bonds is 9. The summed E-state index contributed by atoms with van der Waals surface area (Å²) >= 11 is 0. The minimum absolute atomic E-state index is 0.235. The maximum Gasteiger partial charge on any atom is 0.218 e. The first-order chi connectivity index (χ1) is 9.19. The summed E-state index contributed by atoms with van der Waals surface area (Å²) in [4.78, 5) is 8.55. The summed E-state index contributed by atoms with van der Waals surface area (Å²) in [5.74, 6) is 2.56. The summed E-state index contributed by atoms with van der Waals surface area (Å²) in [6.07, 6.45) is 3.05. The van der Waals surface area contributed by atoms with Gasteiger partial charge in [0.25, 0.3) is 0 Å². The van der Waals surface area contributed by atoms with Gasteiger partial charge < -0.3 is 15.2 Å². The SMILES string of the molecule is CCCC(CCO)CNc1cc(OCC)nc(C)n1. The van der Waals surface area contributed by atoms with Crippen LogP contribution in [0, 0.1) is 12.8 Å². The van der Waals surface area contributed by atoms with Gasteiger partial charge in [0, 0.05) is 19.2 Å². The number of aliphatic hydroxyl groups is 1. The third-order valence-electron chi connectivity index (χ3n) is 2.91. The van der Waals surface area contributed by atoms with Crippen LogP contribution in [0.4, 0.5) is 5.82 Å². The summed E-state index contributed by atoms with van der Waals surface area (Å²) in [6.45, 7) is 7.59. The lowest BCUT2D eigenvalue weighted by molar-refractivity contribution is 0.255. The number of aliphatic hydroxyl groups excluding tert-OH is 1. The van der Waals surface area contributed by atoms with Crippen molar-refractivity contribution in [3.8, 4) is 5.88 Å². The first-order valence-electron chi connectivity index (χ1n) is 7.02. The molecule has 0 saturated heterocycles. The topological polar surface area (TPSA) is 67.3 Å². The summed E-state index contributed by atoms with van der Waals surface area (Å²) in [7, 11) is 0. The third kappa shape index (κ3) is 5.87. The van der Waals surface area contributed by atoms with Crippen LogP contribution in [0.1, 0.15) is 38.9 Å². The van der Waals surface area contributed by atoms with E-state index in [2.05, 4.69) is 22.2 Å². The molecule has 0 saturated carbocycles. The fraction of sp³-hybridized carbons (Fsp3) is 0.714. The second-order valence-corrected chi connectivity index (χ2v) is 4.62. The molecule has 1 aromatic rings. The summed E-state index contributed by atoms with van der Waals surface area (Å²) in [5.41, 5.74) is 0. The van der Waals surface area contributed by atoms with Crippen LogP contribution < -0.4 is 10.1 Å². The van der Waals surface area contributed by atoms with Crippen LogP contribution in [0.5, 0.6) is 5.88 Å². The van der Waals surface area contributed by atoms with Crippen LogP contribution in [0.15, 0.2) is 6.07 Å². The van der Waals surface area contributed by atoms with Gasteiger partial charge in [0.2, 0.25) is 5.88 Å². The van der Waals surface area contributed by atoms with Gasteiger partial charge in [0.15, 0.2) is 0 Å². The van der Waals surface area contributed by atoms with Gasteiger partial charge in [-0.1, -0.05) is 13.3 Å². The van der Waals surface area contributed by atoms with Crippen molar-refractivity contribution in [3.63, 3.8) is 0 Å². The highest BCUT2D eigenvalue weighted by Crippen LogP contribution is 2.16. The van der Waals surface area contributed by atoms with E-state index in [1.165, 1.54) is 0 Å². The van der Waals surface area contributed by atoms with Crippen LogP contribution in [0.2, 0.25) is 0 Å². The molecule has 0 amide bonds. The molecule has 1 unspecified atom stereocenters. The van der Waals surface area contributed by atoms with E-state index in [0.717, 1.165) is 31.6 Å². The zero-order valence-electron chi connectivity index (χ0n) is 12.1. The number of anilines is 1. The Morgan fingerprint density at radius 1 is 1.32 bits per heavy atom. The summed E-state index contributed by atoms with van der Waals surface area (Å²) in [5, 5.41) is 12.4. The highest BCUT2D eigenvalue weighted by Gasteiger charge is 2.08. The fourth-order valence-corrected chi connectivity index (χ4v) is 2.04. The monoisotopic (exact) mass is 267 g/mol. The van der Waals surface area contributed by atoms with Crippen molar-refractivity contribution >= 4 is 5.82 Å². The average Bonchev–Trinajstić information content (AvgIpc) is 2.36. The van der Waals surface area contributed by atoms with Crippen molar-refractivity contribution in [1.82, 2.24) is 9.97 Å². The van der Waals surface area contributed by atoms with Crippen molar-refractivity contribution in [2.24, 2.45) is 5.92 Å². The van der Waals surface area contributed by atoms with Gasteiger partial charge >= 0.3 is 0 Å². The maximum atomic E-state index is 9.05. The Balaban J connectivity index is 2.59. The molecule has 5 nitrogen and oxygen atoms in total. The van der Waals surface area contributed by atoms with E-state index in [0.29, 0.717) is 24.2 Å². The highest BCUT2D eigenvalue weighted by molar-refractivity contribution is 5.38. The summed E-state index contributed by atoms with van der Waals surface area (Å²) in [6, 6.07) is 1.82. The van der Waals surface area contributed by atoms with Crippen LogP contribution in [-0.4, -0.2) is 34.8 Å². The first-order valence-corrected chi connectivity index (χ1v) is 7.02. The minimum Gasteiger partial charge on any atom is -0.478 e. The quantitative estimate of drug-likeness (QED) is 0.719. The van der Waals surface area contributed by atoms with Crippen LogP contribution in [0.3, 0.4) is 0 Å². The van der Waals surface area contributed by atoms with Gasteiger partial charge in [-0.05, 0) is 32.6 Å². The second-order valence-electron chi connectivity index (χ2n) is 4.62. The number of aryl methyl sites for hydroxylation is 1. The summed E-state index contributed by atoms with van der Waals surface area (Å²) < 4.78 is 5.40. The lowest BCUT2D eigenvalue weighted by Crippen LogP contribution is -2.16. The van der Waals surface area contributed by atoms with Crippen molar-refractivity contribution in [2.75, 3.05) is 25.1 Å². The molecule has 0 fully saturated rings. The van der Waals surface area contributed by atoms with Gasteiger partial charge in [-0.3, -0.25) is 0 Å². The lowest BCUT2D eigenvalue weighted by Gasteiger charge is -2.16. The van der Waals surface area contributed by atoms with E-state index in [4.69, 9.17) is 9.84 Å². The van der Waals surface area contributed by atoms with Crippen molar-refractivity contribution < 1.29 is 9.84 Å². The highest BCUT2D eigenvalue weighted by atomic mass is 16.5. The van der Waals surface area contributed by atoms with Crippen molar-refractivity contribution in [3.05, 3.63) is 11.9 Å². The van der Waals surface area contributed by atoms with Gasteiger partial charge in [-0.25, -0.2) is 4.98 Å². The molecule has 0 bridgehead atoms. The van der Waals surface area contributed by atoms with Crippen molar-refractivity contribution in [2.45, 2.75) is 40.0 Å². The normalized spacial score (nSPS) is 12.2. The third-order valence-corrected chi connectivity index (χ3v) is 2.91. The molecule has 0 spiro atoms. The molecule has 1 rings (SSSR count). The van der Waals surface area contributed by atoms with Gasteiger partial charge in [-0.15, -0.1) is 0 Å². The van der Waals surface area contributed by atoms with Gasteiger partial charge in [0.1, 0.15) is 11.6 Å². The van der Waals surface area contributed by atoms with Crippen LogP contribution in [-0.2, 0) is 0 Å². The van der Waals surface area contributed by atoms with Crippen LogP contribution >= 0.6 is 0 Å². The number of hydrogen-bond donors (Lipinski definition) is 2. The molecule has 108 valence electrons. The predicted molar refractivity (Wildman–Crippen MR) is 76.5 cm³/mol. The molecular weight excluding hydrogens is 242 g/mol. The first kappa shape index (κ1) is 15.7. The Morgan fingerprint density at radius 2 is 2.11 bits per heavy atom. The standard InChI is InChI=1S/C14H25N3O2/c1-4-6-12(7-8-18)10-15-13-9-14(19-5-2)17-11(3)16-13/h9,12,18H,4-8,10H2,1-3H3,(H,15,16,17). The molecule has 0 aliphatic carbocycles. The predicted octanol–water partition coefficient (Wildman–Crippen LogP) is 2.39. The second kappa shape index (κ2) is 8.69. The molecule has 1 atom stereocenters. The molecule has 0 aliphatic rings. The molecular formula is C14H25N3O2. The number of hydrogen-bond acceptors (Lipinski definition) is 5. The van der Waals surface area contributed by atoms with E-state index in [-0.39, 0.29) is 6.61 Å².